The van der Waals surface area contributed by atoms with Crippen LogP contribution in [0.3, 0.4) is 0 Å². The van der Waals surface area contributed by atoms with E-state index in [1.165, 1.54) is 20.2 Å². The van der Waals surface area contributed by atoms with Crippen LogP contribution in [0.15, 0.2) is 247 Å². The molecule has 9 nitrogen and oxygen atoms in total. The lowest BCUT2D eigenvalue weighted by Crippen LogP contribution is -2.00. The van der Waals surface area contributed by atoms with E-state index in [1.54, 1.807) is 22.7 Å². The van der Waals surface area contributed by atoms with Crippen LogP contribution in [0.5, 0.6) is 0 Å². The fourth-order valence-electron chi connectivity index (χ4n) is 10.8. The minimum atomic E-state index is 0.575. The lowest BCUT2D eigenvalue weighted by Gasteiger charge is -2.11. The molecule has 10 aromatic carbocycles. The van der Waals surface area contributed by atoms with Gasteiger partial charge in [-0.05, 0) is 47.5 Å². The van der Waals surface area contributed by atoms with Crippen molar-refractivity contribution in [2.75, 3.05) is 0 Å². The van der Waals surface area contributed by atoms with Crippen molar-refractivity contribution in [2.45, 2.75) is 0 Å². The minimum Gasteiger partial charge on any atom is -0.452 e. The number of rotatable bonds is 9. The normalized spacial score (nSPS) is 11.7. The van der Waals surface area contributed by atoms with Crippen LogP contribution in [0.25, 0.3) is 165 Å². The molecule has 0 aliphatic carbocycles. The summed E-state index contributed by atoms with van der Waals surface area (Å²) in [4.78, 5) is 41.0. The Balaban J connectivity index is 0.758. The first-order valence-corrected chi connectivity index (χ1v) is 28.2. The van der Waals surface area contributed by atoms with E-state index in [-0.39, 0.29) is 0 Å². The van der Waals surface area contributed by atoms with Crippen LogP contribution in [0.1, 0.15) is 0 Å². The molecule has 0 saturated heterocycles. The average Bonchev–Trinajstić information content (AvgIpc) is 4.30. The predicted octanol–water partition coefficient (Wildman–Crippen LogP) is 18.5. The molecule has 0 N–H and O–H groups in total. The lowest BCUT2D eigenvalue weighted by atomic mass is 10.0. The zero-order valence-electron chi connectivity index (χ0n) is 42.9. The van der Waals surface area contributed by atoms with E-state index >= 15 is 0 Å². The topological polar surface area (TPSA) is 116 Å². The zero-order chi connectivity index (χ0) is 53.4. The van der Waals surface area contributed by atoms with E-state index in [0.717, 1.165) is 98.0 Å². The first kappa shape index (κ1) is 46.6. The Kier molecular flexibility index (Phi) is 11.0. The van der Waals surface area contributed by atoms with Gasteiger partial charge in [0.05, 0.1) is 0 Å². The van der Waals surface area contributed by atoms with Gasteiger partial charge in [0.2, 0.25) is 0 Å². The first-order valence-electron chi connectivity index (χ1n) is 26.6. The lowest BCUT2D eigenvalue weighted by molar-refractivity contribution is 0.667. The molecule has 11 heteroatoms. The van der Waals surface area contributed by atoms with Crippen LogP contribution in [0.2, 0.25) is 0 Å². The van der Waals surface area contributed by atoms with Gasteiger partial charge in [0.15, 0.2) is 46.4 Å². The summed E-state index contributed by atoms with van der Waals surface area (Å²) in [5.74, 6) is 4.24. The third-order valence-electron chi connectivity index (χ3n) is 14.8. The van der Waals surface area contributed by atoms with Crippen LogP contribution in [-0.4, -0.2) is 39.9 Å². The summed E-state index contributed by atoms with van der Waals surface area (Å²) >= 11 is 3.51. The van der Waals surface area contributed by atoms with Crippen molar-refractivity contribution in [3.8, 4) is 102 Å². The van der Waals surface area contributed by atoms with Crippen molar-refractivity contribution in [2.24, 2.45) is 0 Å². The summed E-state index contributed by atoms with van der Waals surface area (Å²) in [7, 11) is 0. The smallest absolute Gasteiger partial charge is 0.180 e. The summed E-state index contributed by atoms with van der Waals surface area (Å²) in [5, 5.41) is 5.70. The van der Waals surface area contributed by atoms with Gasteiger partial charge in [0.1, 0.15) is 16.8 Å². The van der Waals surface area contributed by atoms with Gasteiger partial charge in [-0.15, -0.1) is 22.7 Å². The molecule has 6 heterocycles. The van der Waals surface area contributed by atoms with E-state index in [4.69, 9.17) is 44.3 Å². The molecule has 0 spiro atoms. The van der Waals surface area contributed by atoms with Gasteiger partial charge in [-0.3, -0.25) is 0 Å². The Hall–Kier alpha value is -10.5. The second kappa shape index (κ2) is 19.2. The SMILES string of the molecule is c1ccc(-c2nc(-c3cccc(-c4ccc(-c5nc(-c6ccccc6)nc(-c6ccc7c(c6)sc6c(-c8nc(-c9ccccc9)nc9c8oc8ccccc89)cccc67)n5)cc4)c3)nc(-c3ccc4c(c3)sc3ccccc34)n2)cc1. The van der Waals surface area contributed by atoms with Gasteiger partial charge in [-0.25, -0.2) is 39.9 Å². The van der Waals surface area contributed by atoms with Crippen LogP contribution in [0, 0.1) is 0 Å². The molecule has 0 atom stereocenters. The molecule has 0 amide bonds. The Morgan fingerprint density at radius 1 is 0.259 bits per heavy atom. The number of aromatic nitrogens is 8. The molecular formula is C70H40N8OS2. The molecule has 16 aromatic rings. The monoisotopic (exact) mass is 1070 g/mol. The predicted molar refractivity (Wildman–Crippen MR) is 331 cm³/mol. The molecule has 0 fully saturated rings. The largest absolute Gasteiger partial charge is 0.452 e. The minimum absolute atomic E-state index is 0.575. The van der Waals surface area contributed by atoms with Gasteiger partial charge in [0, 0.05) is 90.2 Å². The van der Waals surface area contributed by atoms with Crippen LogP contribution in [0.4, 0.5) is 0 Å². The van der Waals surface area contributed by atoms with Crippen molar-refractivity contribution in [3.05, 3.63) is 243 Å². The summed E-state index contributed by atoms with van der Waals surface area (Å²) in [6, 6.07) is 83.1. The number of nitrogens with zero attached hydrogens (tertiary/aromatic N) is 8. The van der Waals surface area contributed by atoms with E-state index < -0.39 is 0 Å². The maximum Gasteiger partial charge on any atom is 0.180 e. The second-order valence-corrected chi connectivity index (χ2v) is 22.0. The number of furan rings is 1. The Bertz CT molecular complexity index is 5120. The molecule has 16 rings (SSSR count). The quantitative estimate of drug-likeness (QED) is 0.139. The zero-order valence-corrected chi connectivity index (χ0v) is 44.5. The van der Waals surface area contributed by atoms with Gasteiger partial charge in [-0.2, -0.15) is 0 Å². The highest BCUT2D eigenvalue weighted by Crippen LogP contribution is 2.45. The van der Waals surface area contributed by atoms with E-state index in [2.05, 4.69) is 133 Å². The fourth-order valence-corrected chi connectivity index (χ4v) is 13.2. The Labute approximate surface area is 471 Å². The number of fused-ring (bicyclic) bond motifs is 9. The van der Waals surface area contributed by atoms with E-state index in [9.17, 15) is 0 Å². The maximum atomic E-state index is 6.57. The van der Waals surface area contributed by atoms with Gasteiger partial charge in [0.25, 0.3) is 0 Å². The highest BCUT2D eigenvalue weighted by Gasteiger charge is 2.22. The highest BCUT2D eigenvalue weighted by atomic mass is 32.1. The summed E-state index contributed by atoms with van der Waals surface area (Å²) < 4.78 is 11.2. The van der Waals surface area contributed by atoms with Crippen LogP contribution < -0.4 is 0 Å². The molecule has 0 aliphatic rings. The average molecular weight is 1070 g/mol. The van der Waals surface area contributed by atoms with Crippen molar-refractivity contribution in [1.29, 1.82) is 0 Å². The second-order valence-electron chi connectivity index (χ2n) is 19.8. The molecule has 0 unspecified atom stereocenters. The third kappa shape index (κ3) is 8.30. The molecule has 378 valence electrons. The van der Waals surface area contributed by atoms with E-state index in [1.807, 2.05) is 109 Å². The molecule has 81 heavy (non-hydrogen) atoms. The van der Waals surface area contributed by atoms with Crippen molar-refractivity contribution in [3.63, 3.8) is 0 Å². The van der Waals surface area contributed by atoms with Crippen LogP contribution in [-0.2, 0) is 0 Å². The fraction of sp³-hybridized carbons (Fsp3) is 0. The Morgan fingerprint density at radius 3 is 1.31 bits per heavy atom. The molecular weight excluding hydrogens is 1030 g/mol. The van der Waals surface area contributed by atoms with Crippen molar-refractivity contribution in [1.82, 2.24) is 39.9 Å². The number of para-hydroxylation sites is 1. The van der Waals surface area contributed by atoms with Crippen molar-refractivity contribution < 1.29 is 4.42 Å². The number of thiophene rings is 2. The number of hydrogen-bond donors (Lipinski definition) is 0. The first-order chi connectivity index (χ1) is 40.1. The van der Waals surface area contributed by atoms with Gasteiger partial charge >= 0.3 is 0 Å². The number of benzene rings is 10. The molecule has 0 bridgehead atoms. The molecule has 0 radical (unpaired) electrons. The molecule has 6 aromatic heterocycles. The third-order valence-corrected chi connectivity index (χ3v) is 17.2. The van der Waals surface area contributed by atoms with E-state index in [0.29, 0.717) is 46.4 Å². The summed E-state index contributed by atoms with van der Waals surface area (Å²) in [6.07, 6.45) is 0. The Morgan fingerprint density at radius 2 is 0.679 bits per heavy atom. The molecule has 0 saturated carbocycles. The highest BCUT2D eigenvalue weighted by molar-refractivity contribution is 7.26. The van der Waals surface area contributed by atoms with Crippen LogP contribution >= 0.6 is 22.7 Å². The van der Waals surface area contributed by atoms with Gasteiger partial charge in [-0.1, -0.05) is 206 Å². The van der Waals surface area contributed by atoms with Crippen molar-refractivity contribution >= 4 is 85.1 Å². The summed E-state index contributed by atoms with van der Waals surface area (Å²) in [6.45, 7) is 0. The maximum absolute atomic E-state index is 6.57. The summed E-state index contributed by atoms with van der Waals surface area (Å²) in [5.41, 5.74) is 12.4. The molecule has 0 aliphatic heterocycles. The standard InChI is InChI=1S/C70H40N8OS2/c1-4-16-42(17-5-1)64-71-60-54-25-10-12-28-56(54)79-62(60)61(72-64)55-27-15-26-53-52-37-35-49(40-59(52)81-63(53)55)69-75-65(43-18-6-2-7-19-43)73-67(77-69)45-32-30-41(31-33-45)46-22-14-23-47(38-46)68-74-66(44-20-8-3-9-21-44)76-70(78-68)48-34-36-51-50-24-11-13-29-57(50)80-58(51)39-48/h1-40H. The van der Waals surface area contributed by atoms with Gasteiger partial charge < -0.3 is 4.42 Å². The number of hydrogen-bond acceptors (Lipinski definition) is 11.